The molecule has 4 nitrogen and oxygen atoms in total. The van der Waals surface area contributed by atoms with Gasteiger partial charge in [0.2, 0.25) is 5.82 Å². The summed E-state index contributed by atoms with van der Waals surface area (Å²) in [6.45, 7) is 0. The Balaban J connectivity index is 1.81. The van der Waals surface area contributed by atoms with E-state index in [1.807, 2.05) is 0 Å². The van der Waals surface area contributed by atoms with Crippen LogP contribution in [0.1, 0.15) is 37.2 Å². The van der Waals surface area contributed by atoms with Gasteiger partial charge in [-0.1, -0.05) is 6.07 Å². The molecule has 2 aromatic rings. The maximum Gasteiger partial charge on any atom is 0.201 e. The Bertz CT molecular complexity index is 759. The van der Waals surface area contributed by atoms with E-state index in [0.717, 1.165) is 25.7 Å². The van der Waals surface area contributed by atoms with Crippen LogP contribution in [0, 0.1) is 11.6 Å². The van der Waals surface area contributed by atoms with Crippen LogP contribution in [0.15, 0.2) is 30.3 Å². The first kappa shape index (κ1) is 17.5. The van der Waals surface area contributed by atoms with Crippen LogP contribution in [0.2, 0.25) is 0 Å². The van der Waals surface area contributed by atoms with Crippen LogP contribution in [0.4, 0.5) is 20.2 Å². The maximum atomic E-state index is 14.6. The summed E-state index contributed by atoms with van der Waals surface area (Å²) in [5, 5.41) is 0. The third-order valence-corrected chi connectivity index (χ3v) is 4.78. The molecule has 2 aromatic carbocycles. The van der Waals surface area contributed by atoms with Gasteiger partial charge >= 0.3 is 0 Å². The van der Waals surface area contributed by atoms with Gasteiger partial charge in [-0.15, -0.1) is 0 Å². The Morgan fingerprint density at radius 2 is 1.60 bits per heavy atom. The van der Waals surface area contributed by atoms with Gasteiger partial charge in [0.05, 0.1) is 11.8 Å². The number of rotatable bonds is 4. The summed E-state index contributed by atoms with van der Waals surface area (Å²) in [4.78, 5) is 0. The molecule has 4 N–H and O–H groups in total. The molecule has 6 heteroatoms. The van der Waals surface area contributed by atoms with E-state index < -0.39 is 11.6 Å². The molecule has 1 aliphatic rings. The monoisotopic (exact) mass is 348 g/mol. The first-order valence-electron chi connectivity index (χ1n) is 8.33. The number of ether oxygens (including phenoxy) is 2. The Morgan fingerprint density at radius 1 is 0.920 bits per heavy atom. The molecule has 0 bridgehead atoms. The Hall–Kier alpha value is -2.34. The van der Waals surface area contributed by atoms with Crippen molar-refractivity contribution >= 4 is 11.4 Å². The van der Waals surface area contributed by atoms with E-state index in [0.29, 0.717) is 11.3 Å². The molecule has 0 aromatic heterocycles. The van der Waals surface area contributed by atoms with Crippen LogP contribution in [0.5, 0.6) is 11.5 Å². The molecule has 1 saturated carbocycles. The fourth-order valence-corrected chi connectivity index (χ4v) is 3.33. The topological polar surface area (TPSA) is 70.5 Å². The number of halogens is 2. The predicted octanol–water partition coefficient (Wildman–Crippen LogP) is 4.59. The molecule has 0 aliphatic heterocycles. The second-order valence-electron chi connectivity index (χ2n) is 6.39. The van der Waals surface area contributed by atoms with Crippen molar-refractivity contribution in [3.8, 4) is 11.5 Å². The average Bonchev–Trinajstić information content (AvgIpc) is 2.61. The second-order valence-corrected chi connectivity index (χ2v) is 6.39. The van der Waals surface area contributed by atoms with E-state index in [4.69, 9.17) is 20.9 Å². The molecular weight excluding hydrogens is 326 g/mol. The smallest absolute Gasteiger partial charge is 0.201 e. The van der Waals surface area contributed by atoms with Crippen LogP contribution < -0.4 is 16.2 Å². The largest absolute Gasteiger partial charge is 0.452 e. The van der Waals surface area contributed by atoms with Crippen LogP contribution in [-0.4, -0.2) is 13.2 Å². The fourth-order valence-electron chi connectivity index (χ4n) is 3.33. The number of anilines is 2. The average molecular weight is 348 g/mol. The van der Waals surface area contributed by atoms with E-state index in [9.17, 15) is 8.78 Å². The highest BCUT2D eigenvalue weighted by molar-refractivity contribution is 5.61. The highest BCUT2D eigenvalue weighted by Crippen LogP contribution is 2.38. The van der Waals surface area contributed by atoms with E-state index in [1.165, 1.54) is 18.2 Å². The summed E-state index contributed by atoms with van der Waals surface area (Å²) in [6, 6.07) is 7.67. The normalized spacial score (nSPS) is 20.4. The number of nitrogens with two attached hydrogens (primary N) is 2. The van der Waals surface area contributed by atoms with Crippen LogP contribution in [-0.2, 0) is 4.74 Å². The van der Waals surface area contributed by atoms with E-state index >= 15 is 0 Å². The van der Waals surface area contributed by atoms with E-state index in [2.05, 4.69) is 0 Å². The number of nitrogen functional groups attached to an aromatic ring is 2. The first-order valence-corrected chi connectivity index (χ1v) is 8.33. The van der Waals surface area contributed by atoms with Crippen molar-refractivity contribution in [1.82, 2.24) is 0 Å². The lowest BCUT2D eigenvalue weighted by molar-refractivity contribution is 0.0655. The van der Waals surface area contributed by atoms with Crippen molar-refractivity contribution in [2.75, 3.05) is 18.6 Å². The van der Waals surface area contributed by atoms with Crippen molar-refractivity contribution in [1.29, 1.82) is 0 Å². The summed E-state index contributed by atoms with van der Waals surface area (Å²) in [6.07, 6.45) is 3.46. The van der Waals surface area contributed by atoms with Gasteiger partial charge in [0.1, 0.15) is 0 Å². The number of hydrogen-bond acceptors (Lipinski definition) is 4. The first-order chi connectivity index (χ1) is 12.0. The van der Waals surface area contributed by atoms with Gasteiger partial charge in [-0.05, 0) is 61.4 Å². The summed E-state index contributed by atoms with van der Waals surface area (Å²) < 4.78 is 39.8. The van der Waals surface area contributed by atoms with Crippen molar-refractivity contribution in [3.63, 3.8) is 0 Å². The van der Waals surface area contributed by atoms with Crippen LogP contribution in [0.3, 0.4) is 0 Å². The Kier molecular flexibility index (Phi) is 5.08. The number of hydrogen-bond donors (Lipinski definition) is 2. The summed E-state index contributed by atoms with van der Waals surface area (Å²) in [5.74, 6) is -1.81. The minimum absolute atomic E-state index is 0.00320. The zero-order valence-electron chi connectivity index (χ0n) is 14.1. The Morgan fingerprint density at radius 3 is 2.24 bits per heavy atom. The zero-order chi connectivity index (χ0) is 18.0. The second kappa shape index (κ2) is 7.27. The third kappa shape index (κ3) is 3.69. The lowest BCUT2D eigenvalue weighted by Gasteiger charge is -2.28. The summed E-state index contributed by atoms with van der Waals surface area (Å²) in [7, 11) is 1.68. The third-order valence-electron chi connectivity index (χ3n) is 4.78. The van der Waals surface area contributed by atoms with Gasteiger partial charge < -0.3 is 20.9 Å². The molecule has 0 amide bonds. The van der Waals surface area contributed by atoms with Gasteiger partial charge in [-0.3, -0.25) is 0 Å². The van der Waals surface area contributed by atoms with E-state index in [1.54, 1.807) is 19.2 Å². The molecule has 0 heterocycles. The highest BCUT2D eigenvalue weighted by atomic mass is 19.2. The SMILES string of the molecule is COC1CCC(c2ccc(Oc3ccc(N)cc3N)c(F)c2F)CC1. The molecule has 0 unspecified atom stereocenters. The van der Waals surface area contributed by atoms with Crippen LogP contribution >= 0.6 is 0 Å². The fraction of sp³-hybridized carbons (Fsp3) is 0.368. The Labute approximate surface area is 145 Å². The zero-order valence-corrected chi connectivity index (χ0v) is 14.1. The van der Waals surface area contributed by atoms with Gasteiger partial charge in [0.15, 0.2) is 17.3 Å². The van der Waals surface area contributed by atoms with Crippen molar-refractivity contribution in [2.45, 2.75) is 37.7 Å². The molecule has 0 radical (unpaired) electrons. The molecule has 0 spiro atoms. The summed E-state index contributed by atoms with van der Waals surface area (Å²) >= 11 is 0. The van der Waals surface area contributed by atoms with E-state index in [-0.39, 0.29) is 29.2 Å². The minimum Gasteiger partial charge on any atom is -0.452 e. The van der Waals surface area contributed by atoms with Crippen LogP contribution in [0.25, 0.3) is 0 Å². The molecule has 134 valence electrons. The maximum absolute atomic E-state index is 14.6. The minimum atomic E-state index is -0.998. The van der Waals surface area contributed by atoms with Crippen molar-refractivity contribution in [2.24, 2.45) is 0 Å². The molecular formula is C19H22F2N2O2. The molecule has 3 rings (SSSR count). The molecule has 1 fully saturated rings. The van der Waals surface area contributed by atoms with Gasteiger partial charge in [-0.25, -0.2) is 4.39 Å². The number of methoxy groups -OCH3 is 1. The molecule has 0 saturated heterocycles. The molecule has 1 aliphatic carbocycles. The van der Waals surface area contributed by atoms with Gasteiger partial charge in [0.25, 0.3) is 0 Å². The molecule has 0 atom stereocenters. The van der Waals surface area contributed by atoms with Crippen molar-refractivity contribution in [3.05, 3.63) is 47.5 Å². The standard InChI is InChI=1S/C19H22F2N2O2/c1-24-13-5-2-11(3-6-13)14-7-9-17(19(21)18(14)20)25-16-8-4-12(22)10-15(16)23/h4,7-11,13H,2-3,5-6,22-23H2,1H3. The van der Waals surface area contributed by atoms with Gasteiger partial charge in [-0.2, -0.15) is 4.39 Å². The predicted molar refractivity (Wildman–Crippen MR) is 93.7 cm³/mol. The van der Waals surface area contributed by atoms with Crippen molar-refractivity contribution < 1.29 is 18.3 Å². The lowest BCUT2D eigenvalue weighted by Crippen LogP contribution is -2.20. The molecule has 25 heavy (non-hydrogen) atoms. The number of benzene rings is 2. The summed E-state index contributed by atoms with van der Waals surface area (Å²) in [5.41, 5.74) is 12.5. The highest BCUT2D eigenvalue weighted by Gasteiger charge is 2.26. The lowest BCUT2D eigenvalue weighted by atomic mass is 9.82. The van der Waals surface area contributed by atoms with Gasteiger partial charge in [0, 0.05) is 12.8 Å². The quantitative estimate of drug-likeness (QED) is 0.793.